The van der Waals surface area contributed by atoms with Gasteiger partial charge >= 0.3 is 0 Å². The summed E-state index contributed by atoms with van der Waals surface area (Å²) in [5.41, 5.74) is 0.0115. The second-order valence-corrected chi connectivity index (χ2v) is 7.77. The second kappa shape index (κ2) is 6.67. The lowest BCUT2D eigenvalue weighted by Crippen LogP contribution is -2.45. The smallest absolute Gasteiger partial charge is 0.147 e. The van der Waals surface area contributed by atoms with Gasteiger partial charge in [0.2, 0.25) is 0 Å². The average Bonchev–Trinajstić information content (AvgIpc) is 3.24. The third-order valence-electron chi connectivity index (χ3n) is 5.88. The molecule has 2 atom stereocenters. The highest BCUT2D eigenvalue weighted by Gasteiger charge is 2.41. The van der Waals surface area contributed by atoms with Crippen molar-refractivity contribution in [3.05, 3.63) is 41.5 Å². The van der Waals surface area contributed by atoms with Gasteiger partial charge in [0.1, 0.15) is 23.0 Å². The number of nitrogens with zero attached hydrogens (tertiary/aromatic N) is 4. The Morgan fingerprint density at radius 3 is 2.58 bits per heavy atom. The number of ether oxygens (including phenoxy) is 1. The molecule has 6 nitrogen and oxygen atoms in total. The Hall–Kier alpha value is -1.92. The van der Waals surface area contributed by atoms with Crippen molar-refractivity contribution in [1.29, 1.82) is 0 Å². The van der Waals surface area contributed by atoms with Crippen LogP contribution in [0.15, 0.2) is 24.3 Å². The van der Waals surface area contributed by atoms with Gasteiger partial charge in [-0.3, -0.25) is 4.90 Å². The van der Waals surface area contributed by atoms with Crippen molar-refractivity contribution in [3.63, 3.8) is 0 Å². The molecule has 140 valence electrons. The first-order valence-corrected chi connectivity index (χ1v) is 9.52. The van der Waals surface area contributed by atoms with E-state index in [9.17, 15) is 5.11 Å². The van der Waals surface area contributed by atoms with E-state index in [1.807, 2.05) is 38.1 Å². The van der Waals surface area contributed by atoms with E-state index in [1.54, 1.807) is 7.11 Å². The molecule has 0 bridgehead atoms. The number of methoxy groups -OCH3 is 1. The zero-order valence-electron chi connectivity index (χ0n) is 15.9. The Kier molecular flexibility index (Phi) is 4.49. The highest BCUT2D eigenvalue weighted by Crippen LogP contribution is 2.39. The van der Waals surface area contributed by atoms with Gasteiger partial charge in [-0.05, 0) is 63.8 Å². The summed E-state index contributed by atoms with van der Waals surface area (Å²) >= 11 is 0. The molecule has 4 rings (SSSR count). The number of hydrogen-bond donors (Lipinski definition) is 1. The highest BCUT2D eigenvalue weighted by atomic mass is 16.5. The topological polar surface area (TPSA) is 63.4 Å². The van der Waals surface area contributed by atoms with Crippen LogP contribution in [-0.2, 0) is 12.1 Å². The molecule has 26 heavy (non-hydrogen) atoms. The quantitative estimate of drug-likeness (QED) is 0.862. The summed E-state index contributed by atoms with van der Waals surface area (Å²) in [6, 6.07) is 8.40. The molecule has 0 radical (unpaired) electrons. The molecule has 2 fully saturated rings. The molecule has 1 saturated heterocycles. The van der Waals surface area contributed by atoms with Crippen LogP contribution in [0.4, 0.5) is 0 Å². The van der Waals surface area contributed by atoms with E-state index >= 15 is 0 Å². The van der Waals surface area contributed by atoms with E-state index < -0.39 is 5.60 Å². The van der Waals surface area contributed by atoms with Crippen LogP contribution < -0.4 is 4.74 Å². The number of benzene rings is 1. The molecule has 0 unspecified atom stereocenters. The number of likely N-dealkylation sites (tertiary alicyclic amines) is 1. The Morgan fingerprint density at radius 2 is 1.92 bits per heavy atom. The third kappa shape index (κ3) is 3.12. The Labute approximate surface area is 154 Å². The molecule has 1 aromatic carbocycles. The summed E-state index contributed by atoms with van der Waals surface area (Å²) < 4.78 is 7.53. The van der Waals surface area contributed by atoms with Crippen LogP contribution in [0, 0.1) is 6.92 Å². The first-order chi connectivity index (χ1) is 12.5. The third-order valence-corrected chi connectivity index (χ3v) is 5.88. The fraction of sp³-hybridized carbons (Fsp3) is 0.600. The maximum Gasteiger partial charge on any atom is 0.147 e. The Morgan fingerprint density at radius 1 is 1.19 bits per heavy atom. The molecular weight excluding hydrogens is 328 g/mol. The van der Waals surface area contributed by atoms with Gasteiger partial charge in [-0.2, -0.15) is 0 Å². The average molecular weight is 356 g/mol. The molecule has 1 saturated carbocycles. The van der Waals surface area contributed by atoms with Crippen LogP contribution in [-0.4, -0.2) is 44.5 Å². The van der Waals surface area contributed by atoms with Gasteiger partial charge < -0.3 is 14.4 Å². The minimum Gasteiger partial charge on any atom is -0.497 e. The molecule has 1 aliphatic heterocycles. The summed E-state index contributed by atoms with van der Waals surface area (Å²) in [6.07, 6.45) is 4.51. The van der Waals surface area contributed by atoms with Gasteiger partial charge in [0, 0.05) is 12.1 Å². The molecule has 0 amide bonds. The Balaban J connectivity index is 1.55. The van der Waals surface area contributed by atoms with Crippen LogP contribution in [0.25, 0.3) is 0 Å². The molecule has 2 heterocycles. The van der Waals surface area contributed by atoms with Gasteiger partial charge in [-0.15, -0.1) is 10.2 Å². The van der Waals surface area contributed by atoms with E-state index in [-0.39, 0.29) is 6.04 Å². The molecule has 0 spiro atoms. The molecule has 6 heteroatoms. The maximum atomic E-state index is 11.4. The predicted molar refractivity (Wildman–Crippen MR) is 99.0 cm³/mol. The zero-order valence-corrected chi connectivity index (χ0v) is 15.9. The maximum absolute atomic E-state index is 11.4. The van der Waals surface area contributed by atoms with Gasteiger partial charge in [0.25, 0.3) is 0 Å². The van der Waals surface area contributed by atoms with Crippen molar-refractivity contribution in [3.8, 4) is 5.75 Å². The van der Waals surface area contributed by atoms with Crippen LogP contribution >= 0.6 is 0 Å². The van der Waals surface area contributed by atoms with Crippen molar-refractivity contribution in [2.75, 3.05) is 13.7 Å². The van der Waals surface area contributed by atoms with E-state index in [4.69, 9.17) is 4.74 Å². The fourth-order valence-corrected chi connectivity index (χ4v) is 4.28. The monoisotopic (exact) mass is 356 g/mol. The lowest BCUT2D eigenvalue weighted by atomic mass is 9.86. The standard InChI is InChI=1S/C20H28N4O2/c1-14-21-22-19(24(14)16-8-9-16)13-23-12-4-5-18(23)20(2,25)15-6-10-17(26-3)11-7-15/h6-7,10-11,16,18,25H,4-5,8-9,12-13H2,1-3H3/t18-,20+/m0/s1. The van der Waals surface area contributed by atoms with Crippen molar-refractivity contribution in [1.82, 2.24) is 19.7 Å². The number of hydrogen-bond acceptors (Lipinski definition) is 5. The predicted octanol–water partition coefficient (Wildman–Crippen LogP) is 2.80. The summed E-state index contributed by atoms with van der Waals surface area (Å²) in [5.74, 6) is 2.84. The summed E-state index contributed by atoms with van der Waals surface area (Å²) in [6.45, 7) is 5.68. The van der Waals surface area contributed by atoms with E-state index in [2.05, 4.69) is 19.7 Å². The summed E-state index contributed by atoms with van der Waals surface area (Å²) in [4.78, 5) is 2.37. The fourth-order valence-electron chi connectivity index (χ4n) is 4.28. The van der Waals surface area contributed by atoms with Gasteiger partial charge in [-0.1, -0.05) is 12.1 Å². The lowest BCUT2D eigenvalue weighted by Gasteiger charge is -2.37. The van der Waals surface area contributed by atoms with Gasteiger partial charge in [0.15, 0.2) is 0 Å². The first kappa shape index (κ1) is 17.5. The van der Waals surface area contributed by atoms with Crippen molar-refractivity contribution in [2.45, 2.75) is 63.8 Å². The lowest BCUT2D eigenvalue weighted by molar-refractivity contribution is -0.0264. The normalized spacial score (nSPS) is 23.2. The number of aryl methyl sites for hydroxylation is 1. The van der Waals surface area contributed by atoms with E-state index in [0.29, 0.717) is 6.04 Å². The van der Waals surface area contributed by atoms with Crippen molar-refractivity contribution in [2.24, 2.45) is 0 Å². The molecule has 1 aromatic heterocycles. The largest absolute Gasteiger partial charge is 0.497 e. The number of aromatic nitrogens is 3. The molecule has 2 aliphatic rings. The van der Waals surface area contributed by atoms with Gasteiger partial charge in [0.05, 0.1) is 13.7 Å². The minimum absolute atomic E-state index is 0.0700. The molecule has 1 N–H and O–H groups in total. The molecule has 2 aromatic rings. The summed E-state index contributed by atoms with van der Waals surface area (Å²) in [7, 11) is 1.66. The minimum atomic E-state index is -0.914. The Bertz CT molecular complexity index is 765. The zero-order chi connectivity index (χ0) is 18.3. The molecular formula is C20H28N4O2. The SMILES string of the molecule is COc1ccc([C@@](C)(O)[C@@H]2CCCN2Cc2nnc(C)n2C2CC2)cc1. The number of aliphatic hydroxyl groups is 1. The van der Waals surface area contributed by atoms with Crippen LogP contribution in [0.5, 0.6) is 5.75 Å². The second-order valence-electron chi connectivity index (χ2n) is 7.77. The van der Waals surface area contributed by atoms with Crippen molar-refractivity contribution < 1.29 is 9.84 Å². The summed E-state index contributed by atoms with van der Waals surface area (Å²) in [5, 5.41) is 20.1. The van der Waals surface area contributed by atoms with Crippen LogP contribution in [0.1, 0.15) is 55.9 Å². The van der Waals surface area contributed by atoms with E-state index in [0.717, 1.165) is 48.9 Å². The highest BCUT2D eigenvalue weighted by molar-refractivity contribution is 5.31. The van der Waals surface area contributed by atoms with Gasteiger partial charge in [-0.25, -0.2) is 0 Å². The van der Waals surface area contributed by atoms with Crippen LogP contribution in [0.2, 0.25) is 0 Å². The molecule has 1 aliphatic carbocycles. The number of rotatable bonds is 6. The van der Waals surface area contributed by atoms with Crippen molar-refractivity contribution >= 4 is 0 Å². The van der Waals surface area contributed by atoms with E-state index in [1.165, 1.54) is 12.8 Å². The van der Waals surface area contributed by atoms with Crippen LogP contribution in [0.3, 0.4) is 0 Å². The first-order valence-electron chi connectivity index (χ1n) is 9.52.